The summed E-state index contributed by atoms with van der Waals surface area (Å²) in [5, 5.41) is 8.28. The van der Waals surface area contributed by atoms with Crippen molar-refractivity contribution in [2.75, 3.05) is 6.54 Å². The van der Waals surface area contributed by atoms with Crippen molar-refractivity contribution in [3.05, 3.63) is 15.9 Å². The molecule has 0 saturated heterocycles. The topological polar surface area (TPSA) is 29.9 Å². The highest BCUT2D eigenvalue weighted by Crippen LogP contribution is 2.26. The van der Waals surface area contributed by atoms with Crippen molar-refractivity contribution in [2.45, 2.75) is 65.5 Å². The summed E-state index contributed by atoms with van der Waals surface area (Å²) in [5.41, 5.74) is 2.48. The number of nitrogens with zero attached hydrogens (tertiary/aromatic N) is 2. The summed E-state index contributed by atoms with van der Waals surface area (Å²) >= 11 is 3.71. The van der Waals surface area contributed by atoms with Crippen LogP contribution in [0.15, 0.2) is 4.47 Å². The maximum Gasteiger partial charge on any atom is 0.0738 e. The molecule has 1 aliphatic carbocycles. The molecule has 1 fully saturated rings. The van der Waals surface area contributed by atoms with E-state index in [4.69, 9.17) is 0 Å². The molecule has 0 amide bonds. The molecular weight excluding hydrogens is 302 g/mol. The molecule has 4 heteroatoms. The van der Waals surface area contributed by atoms with E-state index in [9.17, 15) is 0 Å². The number of aromatic nitrogens is 2. The summed E-state index contributed by atoms with van der Waals surface area (Å²) in [7, 11) is 0. The summed E-state index contributed by atoms with van der Waals surface area (Å²) < 4.78 is 3.36. The molecule has 1 saturated carbocycles. The van der Waals surface area contributed by atoms with Gasteiger partial charge in [-0.3, -0.25) is 4.68 Å². The van der Waals surface area contributed by atoms with Crippen molar-refractivity contribution in [1.29, 1.82) is 0 Å². The predicted molar refractivity (Wildman–Crippen MR) is 83.5 cm³/mol. The van der Waals surface area contributed by atoms with Crippen molar-refractivity contribution in [3.8, 4) is 0 Å². The van der Waals surface area contributed by atoms with Gasteiger partial charge < -0.3 is 5.32 Å². The summed E-state index contributed by atoms with van der Waals surface area (Å²) in [6, 6.07) is 0.806. The summed E-state index contributed by atoms with van der Waals surface area (Å²) in [6.45, 7) is 8.63. The van der Waals surface area contributed by atoms with Gasteiger partial charge in [-0.1, -0.05) is 13.3 Å². The minimum Gasteiger partial charge on any atom is -0.314 e. The van der Waals surface area contributed by atoms with Crippen LogP contribution in [0.3, 0.4) is 0 Å². The van der Waals surface area contributed by atoms with Crippen LogP contribution in [0.4, 0.5) is 0 Å². The van der Waals surface area contributed by atoms with E-state index in [1.165, 1.54) is 35.8 Å². The van der Waals surface area contributed by atoms with Crippen molar-refractivity contribution >= 4 is 15.9 Å². The lowest BCUT2D eigenvalue weighted by Crippen LogP contribution is -2.26. The number of halogens is 1. The molecule has 1 aliphatic rings. The van der Waals surface area contributed by atoms with E-state index in [0.717, 1.165) is 37.2 Å². The van der Waals surface area contributed by atoms with Crippen LogP contribution in [0, 0.1) is 12.8 Å². The monoisotopic (exact) mass is 327 g/mol. The van der Waals surface area contributed by atoms with Crippen LogP contribution in [0.2, 0.25) is 0 Å². The fourth-order valence-electron chi connectivity index (χ4n) is 2.64. The second-order valence-corrected chi connectivity index (χ2v) is 6.50. The molecule has 3 nitrogen and oxygen atoms in total. The number of nitrogens with one attached hydrogen (secondary N) is 1. The Hall–Kier alpha value is -0.350. The summed E-state index contributed by atoms with van der Waals surface area (Å²) in [6.07, 6.45) is 6.42. The molecule has 1 aromatic rings. The Morgan fingerprint density at radius 3 is 2.74 bits per heavy atom. The number of hydrogen-bond donors (Lipinski definition) is 1. The molecule has 108 valence electrons. The van der Waals surface area contributed by atoms with Gasteiger partial charge in [0, 0.05) is 12.6 Å². The molecule has 1 N–H and O–H groups in total. The Kier molecular flexibility index (Phi) is 5.46. The van der Waals surface area contributed by atoms with Crippen molar-refractivity contribution in [2.24, 2.45) is 5.92 Å². The van der Waals surface area contributed by atoms with E-state index in [1.807, 2.05) is 0 Å². The van der Waals surface area contributed by atoms with Gasteiger partial charge in [0.05, 0.1) is 15.9 Å². The molecule has 0 aromatic carbocycles. The van der Waals surface area contributed by atoms with Crippen molar-refractivity contribution < 1.29 is 0 Å². The highest BCUT2D eigenvalue weighted by Gasteiger charge is 2.23. The Morgan fingerprint density at radius 1 is 1.42 bits per heavy atom. The summed E-state index contributed by atoms with van der Waals surface area (Å²) in [5.74, 6) is 0.725. The lowest BCUT2D eigenvalue weighted by Gasteiger charge is -2.18. The zero-order valence-corrected chi connectivity index (χ0v) is 14.0. The molecule has 1 heterocycles. The van der Waals surface area contributed by atoms with Gasteiger partial charge in [0.15, 0.2) is 0 Å². The lowest BCUT2D eigenvalue weighted by atomic mass is 9.97. The molecule has 2 rings (SSSR count). The zero-order chi connectivity index (χ0) is 13.8. The average Bonchev–Trinajstić information content (AvgIpc) is 3.18. The number of aryl methyl sites for hydroxylation is 2. The predicted octanol–water partition coefficient (Wildman–Crippen LogP) is 3.68. The Labute approximate surface area is 125 Å². The van der Waals surface area contributed by atoms with Gasteiger partial charge in [-0.2, -0.15) is 5.10 Å². The third kappa shape index (κ3) is 4.06. The molecule has 0 radical (unpaired) electrons. The molecule has 19 heavy (non-hydrogen) atoms. The lowest BCUT2D eigenvalue weighted by molar-refractivity contribution is 0.422. The van der Waals surface area contributed by atoms with Crippen LogP contribution in [-0.4, -0.2) is 22.4 Å². The first-order valence-electron chi connectivity index (χ1n) is 7.60. The quantitative estimate of drug-likeness (QED) is 0.789. The largest absolute Gasteiger partial charge is 0.314 e. The van der Waals surface area contributed by atoms with Gasteiger partial charge in [-0.15, -0.1) is 0 Å². The molecule has 0 bridgehead atoms. The number of rotatable bonds is 8. The van der Waals surface area contributed by atoms with Crippen LogP contribution in [0.5, 0.6) is 0 Å². The second-order valence-electron chi connectivity index (χ2n) is 5.70. The van der Waals surface area contributed by atoms with E-state index >= 15 is 0 Å². The molecule has 1 aromatic heterocycles. The van der Waals surface area contributed by atoms with E-state index in [2.05, 4.69) is 51.8 Å². The second kappa shape index (κ2) is 6.89. The van der Waals surface area contributed by atoms with Crippen molar-refractivity contribution in [1.82, 2.24) is 15.1 Å². The Morgan fingerprint density at radius 2 is 2.16 bits per heavy atom. The fourth-order valence-corrected chi connectivity index (χ4v) is 3.09. The van der Waals surface area contributed by atoms with E-state index in [-0.39, 0.29) is 0 Å². The Bertz CT molecular complexity index is 410. The first kappa shape index (κ1) is 15.0. The average molecular weight is 328 g/mol. The van der Waals surface area contributed by atoms with Gasteiger partial charge in [-0.25, -0.2) is 0 Å². The standard InChI is InChI=1S/C15H26BrN3/c1-4-6-12(10-17-13-7-8-13)9-14-15(16)11(3)18-19(14)5-2/h12-13,17H,4-10H2,1-3H3. The van der Waals surface area contributed by atoms with Gasteiger partial charge in [0.2, 0.25) is 0 Å². The first-order chi connectivity index (χ1) is 9.15. The van der Waals surface area contributed by atoms with E-state index in [1.54, 1.807) is 0 Å². The van der Waals surface area contributed by atoms with Gasteiger partial charge >= 0.3 is 0 Å². The van der Waals surface area contributed by atoms with Crippen LogP contribution < -0.4 is 5.32 Å². The highest BCUT2D eigenvalue weighted by atomic mass is 79.9. The molecule has 1 atom stereocenters. The maximum absolute atomic E-state index is 4.60. The van der Waals surface area contributed by atoms with E-state index in [0.29, 0.717) is 0 Å². The van der Waals surface area contributed by atoms with Gasteiger partial charge in [0.25, 0.3) is 0 Å². The maximum atomic E-state index is 4.60. The van der Waals surface area contributed by atoms with Crippen LogP contribution in [-0.2, 0) is 13.0 Å². The summed E-state index contributed by atoms with van der Waals surface area (Å²) in [4.78, 5) is 0. The third-order valence-corrected chi connectivity index (χ3v) is 4.94. The molecule has 0 spiro atoms. The zero-order valence-electron chi connectivity index (χ0n) is 12.4. The highest BCUT2D eigenvalue weighted by molar-refractivity contribution is 9.10. The molecule has 1 unspecified atom stereocenters. The Balaban J connectivity index is 2.01. The van der Waals surface area contributed by atoms with Gasteiger partial charge in [0.1, 0.15) is 0 Å². The first-order valence-corrected chi connectivity index (χ1v) is 8.40. The fraction of sp³-hybridized carbons (Fsp3) is 0.800. The number of hydrogen-bond acceptors (Lipinski definition) is 2. The van der Waals surface area contributed by atoms with Gasteiger partial charge in [-0.05, 0) is 67.9 Å². The normalized spacial score (nSPS) is 16.8. The third-order valence-electron chi connectivity index (χ3n) is 3.90. The molecular formula is C15H26BrN3. The molecule has 0 aliphatic heterocycles. The minimum atomic E-state index is 0.725. The van der Waals surface area contributed by atoms with Crippen LogP contribution >= 0.6 is 15.9 Å². The van der Waals surface area contributed by atoms with E-state index < -0.39 is 0 Å². The van der Waals surface area contributed by atoms with Crippen LogP contribution in [0.25, 0.3) is 0 Å². The van der Waals surface area contributed by atoms with Crippen LogP contribution in [0.1, 0.15) is 50.9 Å². The van der Waals surface area contributed by atoms with Crippen molar-refractivity contribution in [3.63, 3.8) is 0 Å². The smallest absolute Gasteiger partial charge is 0.0738 e. The minimum absolute atomic E-state index is 0.725. The SMILES string of the molecule is CCCC(CNC1CC1)Cc1c(Br)c(C)nn1CC.